The predicted molar refractivity (Wildman–Crippen MR) is 133 cm³/mol. The standard InChI is InChI=1S/C18H35N4O6PS3/c1-7-8-9-10-11-22(29(30)26-12-18(2,3)13-27-29)32(25)14-19-17(24)28-20-15(31-6)16(23)21(4)5/h7-14H2,1-6H3,(H,19,24). The van der Waals surface area contributed by atoms with Crippen LogP contribution in [0, 0.1) is 5.41 Å². The zero-order valence-corrected chi connectivity index (χ0v) is 23.0. The van der Waals surface area contributed by atoms with Crippen molar-refractivity contribution in [3.63, 3.8) is 0 Å². The first kappa shape index (κ1) is 29.6. The van der Waals surface area contributed by atoms with Crippen LogP contribution in [-0.4, -0.2) is 76.6 Å². The molecule has 0 aromatic carbocycles. The summed E-state index contributed by atoms with van der Waals surface area (Å²) < 4.78 is 26.4. The maximum Gasteiger partial charge on any atom is 0.437 e. The molecule has 0 saturated carbocycles. The Bertz CT molecular complexity index is 696. The van der Waals surface area contributed by atoms with Gasteiger partial charge in [0.25, 0.3) is 5.91 Å². The Hall–Kier alpha value is -0.400. The lowest BCUT2D eigenvalue weighted by atomic mass is 9.97. The summed E-state index contributed by atoms with van der Waals surface area (Å²) in [6.07, 6.45) is 4.60. The number of oxime groups is 1. The molecule has 0 spiro atoms. The van der Waals surface area contributed by atoms with E-state index in [4.69, 9.17) is 25.7 Å². The lowest BCUT2D eigenvalue weighted by Gasteiger charge is -2.40. The molecule has 1 saturated heterocycles. The highest BCUT2D eigenvalue weighted by molar-refractivity contribution is 8.15. The van der Waals surface area contributed by atoms with Gasteiger partial charge in [0.2, 0.25) is 10.9 Å². The van der Waals surface area contributed by atoms with E-state index >= 15 is 0 Å². The van der Waals surface area contributed by atoms with E-state index < -0.39 is 24.1 Å². The molecule has 1 rings (SSSR count). The maximum absolute atomic E-state index is 13.0. The van der Waals surface area contributed by atoms with Crippen molar-refractivity contribution in [3.8, 4) is 0 Å². The van der Waals surface area contributed by atoms with Crippen molar-refractivity contribution < 1.29 is 28.0 Å². The second-order valence-corrected chi connectivity index (χ2v) is 13.9. The van der Waals surface area contributed by atoms with Gasteiger partial charge in [-0.3, -0.25) is 14.9 Å². The summed E-state index contributed by atoms with van der Waals surface area (Å²) >= 11 is 5.02. The fourth-order valence-electron chi connectivity index (χ4n) is 2.40. The van der Waals surface area contributed by atoms with Crippen LogP contribution in [0.4, 0.5) is 4.79 Å². The number of amides is 2. The summed E-state index contributed by atoms with van der Waals surface area (Å²) in [5.41, 5.74) is -0.170. The average Bonchev–Trinajstić information content (AvgIpc) is 2.74. The van der Waals surface area contributed by atoms with E-state index in [0.717, 1.165) is 37.4 Å². The molecule has 0 radical (unpaired) electrons. The second kappa shape index (κ2) is 14.1. The molecule has 1 unspecified atom stereocenters. The first-order valence-electron chi connectivity index (χ1n) is 10.3. The number of nitrogens with one attached hydrogen (secondary N) is 1. The molecule has 0 aliphatic carbocycles. The van der Waals surface area contributed by atoms with Gasteiger partial charge < -0.3 is 18.5 Å². The van der Waals surface area contributed by atoms with Crippen molar-refractivity contribution in [2.24, 2.45) is 10.6 Å². The molecule has 32 heavy (non-hydrogen) atoms. The molecule has 1 N–H and O–H groups in total. The minimum atomic E-state index is -2.93. The Labute approximate surface area is 203 Å². The molecule has 2 amide bonds. The van der Waals surface area contributed by atoms with Gasteiger partial charge in [-0.15, -0.1) is 11.8 Å². The lowest BCUT2D eigenvalue weighted by molar-refractivity contribution is -0.121. The Morgan fingerprint density at radius 1 is 1.28 bits per heavy atom. The zero-order valence-electron chi connectivity index (χ0n) is 19.6. The van der Waals surface area contributed by atoms with Crippen LogP contribution in [-0.2, 0) is 41.8 Å². The van der Waals surface area contributed by atoms with Gasteiger partial charge in [0.05, 0.1) is 31.1 Å². The summed E-state index contributed by atoms with van der Waals surface area (Å²) in [7, 11) is 3.13. The minimum Gasteiger partial charge on any atom is -0.596 e. The smallest absolute Gasteiger partial charge is 0.437 e. The number of thioether (sulfide) groups is 1. The van der Waals surface area contributed by atoms with E-state index in [-0.39, 0.29) is 22.2 Å². The highest BCUT2D eigenvalue weighted by atomic mass is 32.5. The molecular formula is C18H35N4O6PS3. The highest BCUT2D eigenvalue weighted by Crippen LogP contribution is 2.58. The first-order valence-corrected chi connectivity index (χ1v) is 15.4. The van der Waals surface area contributed by atoms with E-state index in [1.165, 1.54) is 4.90 Å². The predicted octanol–water partition coefficient (Wildman–Crippen LogP) is 3.28. The molecule has 186 valence electrons. The lowest BCUT2D eigenvalue weighted by Crippen LogP contribution is -2.42. The Balaban J connectivity index is 2.74. The topological polar surface area (TPSA) is 116 Å². The van der Waals surface area contributed by atoms with Crippen molar-refractivity contribution in [2.45, 2.75) is 46.5 Å². The van der Waals surface area contributed by atoms with Crippen molar-refractivity contribution in [1.29, 1.82) is 0 Å². The zero-order chi connectivity index (χ0) is 24.4. The van der Waals surface area contributed by atoms with Gasteiger partial charge >= 0.3 is 12.7 Å². The van der Waals surface area contributed by atoms with E-state index in [1.54, 1.807) is 24.4 Å². The van der Waals surface area contributed by atoms with Crippen LogP contribution < -0.4 is 5.32 Å². The van der Waals surface area contributed by atoms with Crippen LogP contribution >= 0.6 is 18.4 Å². The average molecular weight is 531 g/mol. The Morgan fingerprint density at radius 2 is 1.91 bits per heavy atom. The summed E-state index contributed by atoms with van der Waals surface area (Å²) in [6, 6.07) is 0. The fraction of sp³-hybridized carbons (Fsp3) is 0.833. The SMILES string of the molecule is CCCCCCN([S+]([O-])CNC(=O)ON=C(SC)C(=O)N(C)C)P1(=S)OCC(C)(C)CO1. The molecule has 1 aliphatic rings. The van der Waals surface area contributed by atoms with Crippen molar-refractivity contribution in [1.82, 2.24) is 14.3 Å². The van der Waals surface area contributed by atoms with Gasteiger partial charge in [-0.2, -0.15) is 0 Å². The van der Waals surface area contributed by atoms with Crippen molar-refractivity contribution in [3.05, 3.63) is 0 Å². The summed E-state index contributed by atoms with van der Waals surface area (Å²) in [5, 5.41) is 6.00. The third kappa shape index (κ3) is 9.84. The van der Waals surface area contributed by atoms with Gasteiger partial charge in [0, 0.05) is 19.5 Å². The van der Waals surface area contributed by atoms with Gasteiger partial charge in [0.1, 0.15) is 0 Å². The second-order valence-electron chi connectivity index (χ2n) is 8.14. The van der Waals surface area contributed by atoms with E-state index in [9.17, 15) is 14.1 Å². The van der Waals surface area contributed by atoms with Crippen LogP contribution in [0.15, 0.2) is 5.16 Å². The molecule has 0 aromatic rings. The maximum atomic E-state index is 13.0. The monoisotopic (exact) mass is 530 g/mol. The molecule has 0 aromatic heterocycles. The molecule has 1 atom stereocenters. The van der Waals surface area contributed by atoms with Crippen LogP contribution in [0.2, 0.25) is 0 Å². The number of unbranched alkanes of at least 4 members (excludes halogenated alkanes) is 3. The molecular weight excluding hydrogens is 495 g/mol. The van der Waals surface area contributed by atoms with Gasteiger partial charge in [-0.05, 0) is 28.6 Å². The van der Waals surface area contributed by atoms with Crippen molar-refractivity contribution >= 4 is 58.6 Å². The number of rotatable bonds is 10. The highest BCUT2D eigenvalue weighted by Gasteiger charge is 2.43. The number of carbonyl (C=O) groups is 2. The summed E-state index contributed by atoms with van der Waals surface area (Å²) in [6.45, 7) is 4.46. The van der Waals surface area contributed by atoms with E-state index in [1.807, 2.05) is 13.8 Å². The minimum absolute atomic E-state index is 0.0193. The summed E-state index contributed by atoms with van der Waals surface area (Å²) in [5.74, 6) is -0.633. The van der Waals surface area contributed by atoms with Crippen LogP contribution in [0.25, 0.3) is 0 Å². The van der Waals surface area contributed by atoms with E-state index in [0.29, 0.717) is 19.8 Å². The normalized spacial score (nSPS) is 18.8. The number of hydrogen-bond acceptors (Lipinski definition) is 9. The van der Waals surface area contributed by atoms with Gasteiger partial charge in [0.15, 0.2) is 0 Å². The molecule has 10 nitrogen and oxygen atoms in total. The summed E-state index contributed by atoms with van der Waals surface area (Å²) in [4.78, 5) is 30.0. The number of hydrogen-bond donors (Lipinski definition) is 1. The van der Waals surface area contributed by atoms with Gasteiger partial charge in [-0.1, -0.05) is 45.2 Å². The molecule has 14 heteroatoms. The van der Waals surface area contributed by atoms with E-state index in [2.05, 4.69) is 17.4 Å². The van der Waals surface area contributed by atoms with Crippen LogP contribution in [0.1, 0.15) is 46.5 Å². The van der Waals surface area contributed by atoms with Gasteiger partial charge in [-0.25, -0.2) is 4.79 Å². The molecule has 0 bridgehead atoms. The quantitative estimate of drug-likeness (QED) is 0.0864. The largest absolute Gasteiger partial charge is 0.596 e. The number of carbonyl (C=O) groups excluding carboxylic acids is 2. The first-order chi connectivity index (χ1) is 15.0. The molecule has 1 fully saturated rings. The fourth-order valence-corrected chi connectivity index (χ4v) is 7.91. The Morgan fingerprint density at radius 3 is 2.44 bits per heavy atom. The number of nitrogens with zero attached hydrogens (tertiary/aromatic N) is 3. The third-order valence-corrected chi connectivity index (χ3v) is 10.3. The third-order valence-electron chi connectivity index (χ3n) is 4.28. The van der Waals surface area contributed by atoms with Crippen LogP contribution in [0.5, 0.6) is 0 Å². The molecule has 1 heterocycles. The molecule has 1 aliphatic heterocycles. The van der Waals surface area contributed by atoms with Crippen molar-refractivity contribution in [2.75, 3.05) is 46.0 Å². The van der Waals surface area contributed by atoms with Crippen LogP contribution in [0.3, 0.4) is 0 Å². The Kier molecular flexibility index (Phi) is 13.1.